The SMILES string of the molecule is O=C(Nc1ccccc1)C1CCN(C(=O)CN2CCCCC2CCO)CC1. The van der Waals surface area contributed by atoms with Gasteiger partial charge in [0.25, 0.3) is 0 Å². The van der Waals surface area contributed by atoms with Crippen LogP contribution in [0.25, 0.3) is 0 Å². The van der Waals surface area contributed by atoms with E-state index in [9.17, 15) is 14.7 Å². The zero-order chi connectivity index (χ0) is 19.1. The molecule has 3 rings (SSSR count). The average Bonchev–Trinajstić information content (AvgIpc) is 2.70. The molecule has 0 radical (unpaired) electrons. The molecule has 2 N–H and O–H groups in total. The van der Waals surface area contributed by atoms with Gasteiger partial charge in [0.05, 0.1) is 6.54 Å². The van der Waals surface area contributed by atoms with Gasteiger partial charge >= 0.3 is 0 Å². The summed E-state index contributed by atoms with van der Waals surface area (Å²) in [6.07, 6.45) is 5.54. The van der Waals surface area contributed by atoms with Crippen molar-refractivity contribution in [3.63, 3.8) is 0 Å². The maximum Gasteiger partial charge on any atom is 0.236 e. The zero-order valence-electron chi connectivity index (χ0n) is 16.0. The van der Waals surface area contributed by atoms with Crippen LogP contribution in [0, 0.1) is 5.92 Å². The number of benzene rings is 1. The minimum absolute atomic E-state index is 0.0358. The molecule has 27 heavy (non-hydrogen) atoms. The lowest BCUT2D eigenvalue weighted by Crippen LogP contribution is -2.49. The normalized spacial score (nSPS) is 21.8. The predicted molar refractivity (Wildman–Crippen MR) is 105 cm³/mol. The summed E-state index contributed by atoms with van der Waals surface area (Å²) >= 11 is 0. The Morgan fingerprint density at radius 3 is 2.48 bits per heavy atom. The number of nitrogens with zero attached hydrogens (tertiary/aromatic N) is 2. The fourth-order valence-electron chi connectivity index (χ4n) is 4.17. The highest BCUT2D eigenvalue weighted by Gasteiger charge is 2.30. The third-order valence-electron chi connectivity index (χ3n) is 5.81. The van der Waals surface area contributed by atoms with Gasteiger partial charge in [0.2, 0.25) is 11.8 Å². The second-order valence-electron chi connectivity index (χ2n) is 7.64. The standard InChI is InChI=1S/C21H31N3O3/c25-15-11-19-8-4-5-12-24(19)16-20(26)23-13-9-17(10-14-23)21(27)22-18-6-2-1-3-7-18/h1-3,6-7,17,19,25H,4-5,8-16H2,(H,22,27). The number of rotatable bonds is 6. The topological polar surface area (TPSA) is 72.9 Å². The molecule has 148 valence electrons. The van der Waals surface area contributed by atoms with E-state index in [1.54, 1.807) is 0 Å². The van der Waals surface area contributed by atoms with E-state index in [-0.39, 0.29) is 24.3 Å². The number of aliphatic hydroxyl groups is 1. The van der Waals surface area contributed by atoms with Crippen molar-refractivity contribution in [2.45, 2.75) is 44.6 Å². The number of anilines is 1. The number of hydrogen-bond donors (Lipinski definition) is 2. The van der Waals surface area contributed by atoms with Gasteiger partial charge in [-0.25, -0.2) is 0 Å². The lowest BCUT2D eigenvalue weighted by molar-refractivity contribution is -0.136. The first kappa shape index (κ1) is 19.8. The van der Waals surface area contributed by atoms with Crippen LogP contribution in [-0.4, -0.2) is 65.5 Å². The molecular weight excluding hydrogens is 342 g/mol. The van der Waals surface area contributed by atoms with Crippen LogP contribution < -0.4 is 5.32 Å². The van der Waals surface area contributed by atoms with Crippen LogP contribution in [0.4, 0.5) is 5.69 Å². The molecule has 2 heterocycles. The molecule has 0 spiro atoms. The van der Waals surface area contributed by atoms with Crippen molar-refractivity contribution in [1.82, 2.24) is 9.80 Å². The van der Waals surface area contributed by atoms with Crippen molar-refractivity contribution in [1.29, 1.82) is 0 Å². The minimum atomic E-state index is -0.0358. The second-order valence-corrected chi connectivity index (χ2v) is 7.64. The highest BCUT2D eigenvalue weighted by molar-refractivity contribution is 5.92. The van der Waals surface area contributed by atoms with Crippen molar-refractivity contribution < 1.29 is 14.7 Å². The molecule has 2 amide bonds. The lowest BCUT2D eigenvalue weighted by atomic mass is 9.95. The summed E-state index contributed by atoms with van der Waals surface area (Å²) in [5, 5.41) is 12.2. The minimum Gasteiger partial charge on any atom is -0.396 e. The van der Waals surface area contributed by atoms with Gasteiger partial charge in [-0.3, -0.25) is 14.5 Å². The van der Waals surface area contributed by atoms with E-state index in [2.05, 4.69) is 10.2 Å². The molecule has 0 aliphatic carbocycles. The average molecular weight is 373 g/mol. The Hall–Kier alpha value is -1.92. The van der Waals surface area contributed by atoms with Crippen LogP contribution in [0.5, 0.6) is 0 Å². The van der Waals surface area contributed by atoms with Gasteiger partial charge in [-0.05, 0) is 50.8 Å². The molecule has 0 saturated carbocycles. The number of para-hydroxylation sites is 1. The highest BCUT2D eigenvalue weighted by atomic mass is 16.3. The molecule has 2 saturated heterocycles. The fraction of sp³-hybridized carbons (Fsp3) is 0.619. The number of carbonyl (C=O) groups excluding carboxylic acids is 2. The van der Waals surface area contributed by atoms with Crippen molar-refractivity contribution in [2.24, 2.45) is 5.92 Å². The Bertz CT molecular complexity index is 612. The largest absolute Gasteiger partial charge is 0.396 e. The second kappa shape index (κ2) is 9.85. The summed E-state index contributed by atoms with van der Waals surface area (Å²) in [4.78, 5) is 29.3. The molecule has 2 fully saturated rings. The van der Waals surface area contributed by atoms with Crippen molar-refractivity contribution in [3.8, 4) is 0 Å². The van der Waals surface area contributed by atoms with Crippen LogP contribution in [0.15, 0.2) is 30.3 Å². The van der Waals surface area contributed by atoms with Gasteiger partial charge in [0.1, 0.15) is 0 Å². The number of carbonyl (C=O) groups is 2. The van der Waals surface area contributed by atoms with Gasteiger partial charge in [-0.1, -0.05) is 24.6 Å². The Labute approximate surface area is 161 Å². The molecule has 0 bridgehead atoms. The number of nitrogens with one attached hydrogen (secondary N) is 1. The Kier molecular flexibility index (Phi) is 7.24. The summed E-state index contributed by atoms with van der Waals surface area (Å²) in [7, 11) is 0. The molecule has 1 aromatic carbocycles. The number of aliphatic hydroxyl groups excluding tert-OH is 1. The van der Waals surface area contributed by atoms with Gasteiger partial charge in [-0.2, -0.15) is 0 Å². The molecule has 6 heteroatoms. The van der Waals surface area contributed by atoms with E-state index in [1.165, 1.54) is 6.42 Å². The van der Waals surface area contributed by atoms with Crippen LogP contribution in [-0.2, 0) is 9.59 Å². The summed E-state index contributed by atoms with van der Waals surface area (Å²) < 4.78 is 0. The van der Waals surface area contributed by atoms with E-state index >= 15 is 0 Å². The van der Waals surface area contributed by atoms with Crippen LogP contribution in [0.3, 0.4) is 0 Å². The molecule has 1 unspecified atom stereocenters. The van der Waals surface area contributed by atoms with E-state index in [0.717, 1.165) is 31.5 Å². The lowest BCUT2D eigenvalue weighted by Gasteiger charge is -2.37. The third kappa shape index (κ3) is 5.53. The monoisotopic (exact) mass is 373 g/mol. The number of piperidine rings is 2. The van der Waals surface area contributed by atoms with Gasteiger partial charge in [-0.15, -0.1) is 0 Å². The molecule has 6 nitrogen and oxygen atoms in total. The van der Waals surface area contributed by atoms with Crippen molar-refractivity contribution in [3.05, 3.63) is 30.3 Å². The molecule has 0 aromatic heterocycles. The number of likely N-dealkylation sites (tertiary alicyclic amines) is 2. The molecule has 2 aliphatic rings. The summed E-state index contributed by atoms with van der Waals surface area (Å²) in [6.45, 7) is 2.84. The Morgan fingerprint density at radius 1 is 1.04 bits per heavy atom. The maximum absolute atomic E-state index is 12.7. The van der Waals surface area contributed by atoms with Crippen LogP contribution in [0.1, 0.15) is 38.5 Å². The Morgan fingerprint density at radius 2 is 1.78 bits per heavy atom. The van der Waals surface area contributed by atoms with Gasteiger partial charge < -0.3 is 15.3 Å². The number of amides is 2. The molecule has 1 aromatic rings. The molecule has 2 aliphatic heterocycles. The van der Waals surface area contributed by atoms with Crippen LogP contribution in [0.2, 0.25) is 0 Å². The van der Waals surface area contributed by atoms with E-state index in [4.69, 9.17) is 0 Å². The summed E-state index contributed by atoms with van der Waals surface area (Å²) in [5.74, 6) is 0.167. The maximum atomic E-state index is 12.7. The summed E-state index contributed by atoms with van der Waals surface area (Å²) in [6, 6.07) is 9.83. The first-order valence-electron chi connectivity index (χ1n) is 10.2. The first-order chi connectivity index (χ1) is 13.2. The van der Waals surface area contributed by atoms with E-state index < -0.39 is 0 Å². The van der Waals surface area contributed by atoms with E-state index in [1.807, 2.05) is 35.2 Å². The van der Waals surface area contributed by atoms with Gasteiger partial charge in [0, 0.05) is 37.3 Å². The van der Waals surface area contributed by atoms with Crippen LogP contribution >= 0.6 is 0 Å². The zero-order valence-corrected chi connectivity index (χ0v) is 16.0. The van der Waals surface area contributed by atoms with Crippen molar-refractivity contribution >= 4 is 17.5 Å². The van der Waals surface area contributed by atoms with E-state index in [0.29, 0.717) is 38.5 Å². The quantitative estimate of drug-likeness (QED) is 0.801. The van der Waals surface area contributed by atoms with Crippen molar-refractivity contribution in [2.75, 3.05) is 38.1 Å². The smallest absolute Gasteiger partial charge is 0.236 e. The predicted octanol–water partition coefficient (Wildman–Crippen LogP) is 2.10. The highest BCUT2D eigenvalue weighted by Crippen LogP contribution is 2.22. The Balaban J connectivity index is 1.45. The fourth-order valence-corrected chi connectivity index (χ4v) is 4.17. The third-order valence-corrected chi connectivity index (χ3v) is 5.81. The summed E-state index contributed by atoms with van der Waals surface area (Å²) in [5.41, 5.74) is 0.820. The number of hydrogen-bond acceptors (Lipinski definition) is 4. The van der Waals surface area contributed by atoms with Gasteiger partial charge in [0.15, 0.2) is 0 Å². The molecular formula is C21H31N3O3. The first-order valence-corrected chi connectivity index (χ1v) is 10.2. The molecule has 1 atom stereocenters.